The van der Waals surface area contributed by atoms with Gasteiger partial charge in [0.15, 0.2) is 0 Å². The summed E-state index contributed by atoms with van der Waals surface area (Å²) < 4.78 is 5.37. The third-order valence-electron chi connectivity index (χ3n) is 3.26. The van der Waals surface area contributed by atoms with Gasteiger partial charge in [-0.15, -0.1) is 0 Å². The molecule has 1 unspecified atom stereocenters. The highest BCUT2D eigenvalue weighted by molar-refractivity contribution is 5.68. The molecular weight excluding hydrogens is 254 g/mol. The smallest absolute Gasteiger partial charge is 0.410 e. The normalized spacial score (nSPS) is 18.7. The van der Waals surface area contributed by atoms with Crippen molar-refractivity contribution in [1.29, 1.82) is 5.26 Å². The van der Waals surface area contributed by atoms with Gasteiger partial charge in [0.25, 0.3) is 0 Å². The number of carbonyl (C=O) groups is 1. The van der Waals surface area contributed by atoms with Crippen LogP contribution in [0, 0.1) is 11.3 Å². The molecule has 1 aliphatic heterocycles. The van der Waals surface area contributed by atoms with Gasteiger partial charge >= 0.3 is 6.09 Å². The largest absolute Gasteiger partial charge is 0.444 e. The van der Waals surface area contributed by atoms with Crippen molar-refractivity contribution in [2.45, 2.75) is 38.7 Å². The highest BCUT2D eigenvalue weighted by Crippen LogP contribution is 2.29. The van der Waals surface area contributed by atoms with E-state index in [1.54, 1.807) is 17.3 Å². The predicted octanol–water partition coefficient (Wildman–Crippen LogP) is 2.68. The average molecular weight is 273 g/mol. The molecule has 1 aromatic heterocycles. The van der Waals surface area contributed by atoms with Gasteiger partial charge < -0.3 is 9.64 Å². The number of rotatable bonds is 1. The topological polar surface area (TPSA) is 66.2 Å². The van der Waals surface area contributed by atoms with Crippen LogP contribution in [0.3, 0.4) is 0 Å². The second kappa shape index (κ2) is 5.49. The molecule has 1 aliphatic rings. The number of carbonyl (C=O) groups excluding carboxylic acids is 1. The van der Waals surface area contributed by atoms with Gasteiger partial charge in [0, 0.05) is 31.4 Å². The van der Waals surface area contributed by atoms with Gasteiger partial charge in [-0.2, -0.15) is 5.26 Å². The number of nitriles is 1. The molecule has 0 radical (unpaired) electrons. The van der Waals surface area contributed by atoms with Gasteiger partial charge in [0.1, 0.15) is 11.7 Å². The monoisotopic (exact) mass is 273 g/mol. The summed E-state index contributed by atoms with van der Waals surface area (Å²) in [4.78, 5) is 17.7. The van der Waals surface area contributed by atoms with Crippen molar-refractivity contribution in [1.82, 2.24) is 9.88 Å². The average Bonchev–Trinajstić information content (AvgIpc) is 2.86. The summed E-state index contributed by atoms with van der Waals surface area (Å²) in [5.74, 6) is 0.181. The maximum Gasteiger partial charge on any atom is 0.410 e. The second-order valence-electron chi connectivity index (χ2n) is 5.99. The number of amides is 1. The predicted molar refractivity (Wildman–Crippen MR) is 74.1 cm³/mol. The first kappa shape index (κ1) is 14.3. The molecule has 0 bridgehead atoms. The number of pyridine rings is 1. The van der Waals surface area contributed by atoms with Crippen LogP contribution in [0.4, 0.5) is 4.79 Å². The molecule has 2 heterocycles. The Morgan fingerprint density at radius 1 is 1.55 bits per heavy atom. The third-order valence-corrected chi connectivity index (χ3v) is 3.26. The highest BCUT2D eigenvalue weighted by Gasteiger charge is 2.31. The number of likely N-dealkylation sites (tertiary alicyclic amines) is 1. The van der Waals surface area contributed by atoms with Crippen molar-refractivity contribution >= 4 is 6.09 Å². The molecule has 1 atom stereocenters. The Morgan fingerprint density at radius 2 is 2.30 bits per heavy atom. The lowest BCUT2D eigenvalue weighted by Crippen LogP contribution is -2.35. The first-order chi connectivity index (χ1) is 9.40. The fourth-order valence-electron chi connectivity index (χ4n) is 2.36. The number of hydrogen-bond acceptors (Lipinski definition) is 4. The van der Waals surface area contributed by atoms with E-state index in [1.807, 2.05) is 26.8 Å². The molecule has 0 aliphatic carbocycles. The Kier molecular flexibility index (Phi) is 3.93. The van der Waals surface area contributed by atoms with Gasteiger partial charge in [-0.1, -0.05) is 0 Å². The maximum atomic E-state index is 12.0. The zero-order chi connectivity index (χ0) is 14.8. The minimum atomic E-state index is -0.482. The molecule has 5 nitrogen and oxygen atoms in total. The molecule has 20 heavy (non-hydrogen) atoms. The summed E-state index contributed by atoms with van der Waals surface area (Å²) in [5.41, 5.74) is 1.07. The van der Waals surface area contributed by atoms with Crippen LogP contribution < -0.4 is 0 Å². The Morgan fingerprint density at radius 3 is 2.95 bits per heavy atom. The fourth-order valence-corrected chi connectivity index (χ4v) is 2.36. The van der Waals surface area contributed by atoms with Gasteiger partial charge in [-0.3, -0.25) is 4.98 Å². The van der Waals surface area contributed by atoms with E-state index in [4.69, 9.17) is 10.00 Å². The molecule has 0 N–H and O–H groups in total. The number of ether oxygens (including phenoxy) is 1. The Hall–Kier alpha value is -2.09. The fraction of sp³-hybridized carbons (Fsp3) is 0.533. The third kappa shape index (κ3) is 3.27. The quantitative estimate of drug-likeness (QED) is 0.789. The second-order valence-corrected chi connectivity index (χ2v) is 5.99. The van der Waals surface area contributed by atoms with Crippen LogP contribution in [0.1, 0.15) is 44.2 Å². The van der Waals surface area contributed by atoms with Crippen LogP contribution in [0.5, 0.6) is 0 Å². The number of aromatic nitrogens is 1. The summed E-state index contributed by atoms with van der Waals surface area (Å²) in [6.45, 7) is 6.82. The molecule has 106 valence electrons. The van der Waals surface area contributed by atoms with Crippen LogP contribution in [0.2, 0.25) is 0 Å². The molecule has 1 fully saturated rings. The highest BCUT2D eigenvalue weighted by atomic mass is 16.6. The molecule has 0 saturated carbocycles. The van der Waals surface area contributed by atoms with E-state index in [0.717, 1.165) is 12.0 Å². The molecule has 5 heteroatoms. The lowest BCUT2D eigenvalue weighted by atomic mass is 9.96. The lowest BCUT2D eigenvalue weighted by Gasteiger charge is -2.24. The van der Waals surface area contributed by atoms with E-state index >= 15 is 0 Å². The number of hydrogen-bond donors (Lipinski definition) is 0. The molecule has 1 saturated heterocycles. The first-order valence-electron chi connectivity index (χ1n) is 6.72. The molecule has 1 aromatic rings. The maximum absolute atomic E-state index is 12.0. The molecule has 2 rings (SSSR count). The zero-order valence-corrected chi connectivity index (χ0v) is 12.1. The Balaban J connectivity index is 2.06. The van der Waals surface area contributed by atoms with Crippen molar-refractivity contribution in [2.75, 3.05) is 13.1 Å². The van der Waals surface area contributed by atoms with E-state index in [-0.39, 0.29) is 12.0 Å². The van der Waals surface area contributed by atoms with Crippen LogP contribution in [-0.2, 0) is 4.74 Å². The van der Waals surface area contributed by atoms with Crippen LogP contribution in [0.15, 0.2) is 18.5 Å². The summed E-state index contributed by atoms with van der Waals surface area (Å²) in [6, 6.07) is 4.02. The van der Waals surface area contributed by atoms with Gasteiger partial charge in [-0.25, -0.2) is 4.79 Å². The molecule has 0 aromatic carbocycles. The van der Waals surface area contributed by atoms with Crippen LogP contribution in [0.25, 0.3) is 0 Å². The number of nitrogens with zero attached hydrogens (tertiary/aromatic N) is 3. The summed E-state index contributed by atoms with van der Waals surface area (Å²) in [7, 11) is 0. The van der Waals surface area contributed by atoms with Crippen molar-refractivity contribution in [3.63, 3.8) is 0 Å². The van der Waals surface area contributed by atoms with Gasteiger partial charge in [-0.05, 0) is 38.8 Å². The summed E-state index contributed by atoms with van der Waals surface area (Å²) >= 11 is 0. The molecular formula is C15H19N3O2. The van der Waals surface area contributed by atoms with Crippen LogP contribution in [-0.4, -0.2) is 34.7 Å². The minimum absolute atomic E-state index is 0.181. The van der Waals surface area contributed by atoms with Crippen molar-refractivity contribution in [3.8, 4) is 6.07 Å². The van der Waals surface area contributed by atoms with E-state index in [9.17, 15) is 4.79 Å². The Bertz CT molecular complexity index is 543. The van der Waals surface area contributed by atoms with Crippen molar-refractivity contribution in [3.05, 3.63) is 29.6 Å². The molecule has 0 spiro atoms. The standard InChI is InChI=1S/C15H19N3O2/c1-15(2,3)20-14(19)18-7-5-11(10-18)13-4-6-17-9-12(13)8-16/h4,6,9,11H,5,7,10H2,1-3H3. The van der Waals surface area contributed by atoms with Crippen molar-refractivity contribution < 1.29 is 9.53 Å². The van der Waals surface area contributed by atoms with E-state index in [1.165, 1.54) is 0 Å². The van der Waals surface area contributed by atoms with Crippen LogP contribution >= 0.6 is 0 Å². The SMILES string of the molecule is CC(C)(C)OC(=O)N1CCC(c2ccncc2C#N)C1. The zero-order valence-electron chi connectivity index (χ0n) is 12.1. The lowest BCUT2D eigenvalue weighted by molar-refractivity contribution is 0.0292. The van der Waals surface area contributed by atoms with Gasteiger partial charge in [0.2, 0.25) is 0 Å². The van der Waals surface area contributed by atoms with E-state index < -0.39 is 5.60 Å². The minimum Gasteiger partial charge on any atom is -0.444 e. The van der Waals surface area contributed by atoms with E-state index in [2.05, 4.69) is 11.1 Å². The summed E-state index contributed by atoms with van der Waals surface area (Å²) in [5, 5.41) is 9.11. The van der Waals surface area contributed by atoms with E-state index in [0.29, 0.717) is 18.7 Å². The van der Waals surface area contributed by atoms with Crippen molar-refractivity contribution in [2.24, 2.45) is 0 Å². The summed E-state index contributed by atoms with van der Waals surface area (Å²) in [6.07, 6.45) is 3.82. The molecule has 1 amide bonds. The van der Waals surface area contributed by atoms with Gasteiger partial charge in [0.05, 0.1) is 5.56 Å². The first-order valence-corrected chi connectivity index (χ1v) is 6.72. The Labute approximate surface area is 119 Å².